The second kappa shape index (κ2) is 4.45. The van der Waals surface area contributed by atoms with Crippen LogP contribution in [-0.2, 0) is 7.05 Å². The third-order valence-corrected chi connectivity index (χ3v) is 3.28. The highest BCUT2D eigenvalue weighted by Crippen LogP contribution is 2.12. The number of thiophene rings is 1. The molecule has 0 spiro atoms. The topological polar surface area (TPSA) is 34.9 Å². The molecule has 2 aromatic heterocycles. The quantitative estimate of drug-likeness (QED) is 0.602. The summed E-state index contributed by atoms with van der Waals surface area (Å²) < 4.78 is 1.70. The molecule has 0 aliphatic heterocycles. The normalized spacial score (nSPS) is 11.1. The van der Waals surface area contributed by atoms with Gasteiger partial charge in [0, 0.05) is 17.6 Å². The number of aryl methyl sites for hydroxylation is 1. The molecule has 0 aliphatic carbocycles. The molecule has 0 saturated carbocycles. The fraction of sp³-hybridized carbons (Fsp3) is 0.167. The largest absolute Gasteiger partial charge is 0.289 e. The molecule has 2 aromatic rings. The molecule has 82 valence electrons. The van der Waals surface area contributed by atoms with Gasteiger partial charge in [0.05, 0.1) is 11.8 Å². The van der Waals surface area contributed by atoms with Crippen LogP contribution in [0.2, 0.25) is 0 Å². The number of aromatic nitrogens is 2. The van der Waals surface area contributed by atoms with Crippen molar-refractivity contribution >= 4 is 23.2 Å². The van der Waals surface area contributed by atoms with Crippen LogP contribution in [0.15, 0.2) is 29.8 Å². The van der Waals surface area contributed by atoms with Gasteiger partial charge in [0.15, 0.2) is 5.78 Å². The van der Waals surface area contributed by atoms with Crippen molar-refractivity contribution < 1.29 is 4.79 Å². The number of nitrogens with zero attached hydrogens (tertiary/aromatic N) is 2. The summed E-state index contributed by atoms with van der Waals surface area (Å²) in [4.78, 5) is 12.9. The molecule has 0 saturated heterocycles. The molecular formula is C12H12N2OS. The summed E-state index contributed by atoms with van der Waals surface area (Å²) >= 11 is 1.61. The smallest absolute Gasteiger partial charge is 0.189 e. The molecule has 0 atom stereocenters. The van der Waals surface area contributed by atoms with Crippen molar-refractivity contribution in [3.8, 4) is 0 Å². The van der Waals surface area contributed by atoms with Gasteiger partial charge in [-0.1, -0.05) is 6.07 Å². The standard InChI is InChI=1S/C12H12N2OS/c1-9-11(8-13-14(9)2)12(15)6-5-10-4-3-7-16-10/h3-8H,1-2H3/b6-5+. The van der Waals surface area contributed by atoms with E-state index in [1.165, 1.54) is 0 Å². The monoisotopic (exact) mass is 232 g/mol. The second-order valence-electron chi connectivity index (χ2n) is 3.48. The average molecular weight is 232 g/mol. The first-order valence-electron chi connectivity index (χ1n) is 4.93. The minimum absolute atomic E-state index is 0.000926. The van der Waals surface area contributed by atoms with Crippen molar-refractivity contribution in [3.05, 3.63) is 45.9 Å². The fourth-order valence-electron chi connectivity index (χ4n) is 1.37. The number of hydrogen-bond acceptors (Lipinski definition) is 3. The maximum Gasteiger partial charge on any atom is 0.189 e. The summed E-state index contributed by atoms with van der Waals surface area (Å²) in [6, 6.07) is 3.94. The van der Waals surface area contributed by atoms with E-state index >= 15 is 0 Å². The molecule has 3 nitrogen and oxygen atoms in total. The molecule has 2 heterocycles. The maximum atomic E-state index is 11.8. The molecule has 16 heavy (non-hydrogen) atoms. The van der Waals surface area contributed by atoms with Crippen LogP contribution in [0.5, 0.6) is 0 Å². The molecule has 0 bridgehead atoms. The minimum atomic E-state index is -0.000926. The summed E-state index contributed by atoms with van der Waals surface area (Å²) in [5.41, 5.74) is 1.55. The Balaban J connectivity index is 2.18. The molecular weight excluding hydrogens is 220 g/mol. The predicted octanol–water partition coefficient (Wildman–Crippen LogP) is 2.69. The molecule has 0 amide bonds. The second-order valence-corrected chi connectivity index (χ2v) is 4.46. The Labute approximate surface area is 98.0 Å². The van der Waals surface area contributed by atoms with E-state index in [0.29, 0.717) is 5.56 Å². The number of rotatable bonds is 3. The Morgan fingerprint density at radius 3 is 2.94 bits per heavy atom. The van der Waals surface area contributed by atoms with Gasteiger partial charge in [0.1, 0.15) is 0 Å². The summed E-state index contributed by atoms with van der Waals surface area (Å²) in [7, 11) is 1.83. The minimum Gasteiger partial charge on any atom is -0.289 e. The van der Waals surface area contributed by atoms with Crippen molar-refractivity contribution in [3.63, 3.8) is 0 Å². The van der Waals surface area contributed by atoms with Crippen LogP contribution in [0.1, 0.15) is 20.9 Å². The van der Waals surface area contributed by atoms with Crippen molar-refractivity contribution in [2.24, 2.45) is 7.05 Å². The molecule has 0 N–H and O–H groups in total. The van der Waals surface area contributed by atoms with E-state index in [4.69, 9.17) is 0 Å². The van der Waals surface area contributed by atoms with Gasteiger partial charge in [-0.05, 0) is 30.5 Å². The van der Waals surface area contributed by atoms with E-state index in [1.807, 2.05) is 37.6 Å². The van der Waals surface area contributed by atoms with Crippen LogP contribution in [0.4, 0.5) is 0 Å². The molecule has 0 aliphatic rings. The lowest BCUT2D eigenvalue weighted by molar-refractivity contribution is 0.104. The zero-order valence-corrected chi connectivity index (χ0v) is 9.99. The average Bonchev–Trinajstić information content (AvgIpc) is 2.88. The lowest BCUT2D eigenvalue weighted by Gasteiger charge is -1.95. The van der Waals surface area contributed by atoms with Crippen LogP contribution in [0.25, 0.3) is 6.08 Å². The van der Waals surface area contributed by atoms with Crippen molar-refractivity contribution in [1.82, 2.24) is 9.78 Å². The first kappa shape index (κ1) is 10.8. The molecule has 0 radical (unpaired) electrons. The highest BCUT2D eigenvalue weighted by Gasteiger charge is 2.09. The van der Waals surface area contributed by atoms with Crippen LogP contribution in [0, 0.1) is 6.92 Å². The molecule has 2 rings (SSSR count). The molecule has 0 unspecified atom stereocenters. The lowest BCUT2D eigenvalue weighted by atomic mass is 10.1. The van der Waals surface area contributed by atoms with Crippen LogP contribution in [-0.4, -0.2) is 15.6 Å². The van der Waals surface area contributed by atoms with Crippen molar-refractivity contribution in [1.29, 1.82) is 0 Å². The number of carbonyl (C=O) groups excluding carboxylic acids is 1. The van der Waals surface area contributed by atoms with Gasteiger partial charge >= 0.3 is 0 Å². The van der Waals surface area contributed by atoms with Gasteiger partial charge in [-0.2, -0.15) is 5.10 Å². The molecule has 0 fully saturated rings. The third-order valence-electron chi connectivity index (χ3n) is 2.44. The first-order chi connectivity index (χ1) is 7.68. The number of ketones is 1. The van der Waals surface area contributed by atoms with Gasteiger partial charge in [0.2, 0.25) is 0 Å². The Hall–Kier alpha value is -1.68. The lowest BCUT2D eigenvalue weighted by Crippen LogP contribution is -1.98. The summed E-state index contributed by atoms with van der Waals surface area (Å²) in [6.45, 7) is 1.89. The van der Waals surface area contributed by atoms with E-state index in [9.17, 15) is 4.79 Å². The summed E-state index contributed by atoms with van der Waals surface area (Å²) in [5, 5.41) is 6.03. The molecule has 4 heteroatoms. The van der Waals surface area contributed by atoms with Gasteiger partial charge in [0.25, 0.3) is 0 Å². The van der Waals surface area contributed by atoms with Gasteiger partial charge in [-0.25, -0.2) is 0 Å². The highest BCUT2D eigenvalue weighted by molar-refractivity contribution is 7.10. The zero-order chi connectivity index (χ0) is 11.5. The number of allylic oxidation sites excluding steroid dienone is 1. The van der Waals surface area contributed by atoms with Gasteiger partial charge < -0.3 is 0 Å². The van der Waals surface area contributed by atoms with Crippen molar-refractivity contribution in [2.45, 2.75) is 6.92 Å². The SMILES string of the molecule is Cc1c(C(=O)/C=C/c2cccs2)cnn1C. The first-order valence-corrected chi connectivity index (χ1v) is 5.81. The van der Waals surface area contributed by atoms with E-state index in [1.54, 1.807) is 28.3 Å². The van der Waals surface area contributed by atoms with E-state index in [2.05, 4.69) is 5.10 Å². The Kier molecular flexibility index (Phi) is 3.01. The zero-order valence-electron chi connectivity index (χ0n) is 9.18. The van der Waals surface area contributed by atoms with Gasteiger partial charge in [-0.3, -0.25) is 9.48 Å². The Morgan fingerprint density at radius 2 is 2.38 bits per heavy atom. The van der Waals surface area contributed by atoms with E-state index in [-0.39, 0.29) is 5.78 Å². The Morgan fingerprint density at radius 1 is 1.56 bits per heavy atom. The predicted molar refractivity (Wildman–Crippen MR) is 65.6 cm³/mol. The van der Waals surface area contributed by atoms with Crippen LogP contribution < -0.4 is 0 Å². The Bertz CT molecular complexity index is 523. The van der Waals surface area contributed by atoms with Gasteiger partial charge in [-0.15, -0.1) is 11.3 Å². The van der Waals surface area contributed by atoms with Crippen molar-refractivity contribution in [2.75, 3.05) is 0 Å². The number of hydrogen-bond donors (Lipinski definition) is 0. The maximum absolute atomic E-state index is 11.8. The number of carbonyl (C=O) groups is 1. The fourth-order valence-corrected chi connectivity index (χ4v) is 1.99. The highest BCUT2D eigenvalue weighted by atomic mass is 32.1. The van der Waals surface area contributed by atoms with E-state index < -0.39 is 0 Å². The summed E-state index contributed by atoms with van der Waals surface area (Å²) in [6.07, 6.45) is 5.03. The van der Waals surface area contributed by atoms with E-state index in [0.717, 1.165) is 10.6 Å². The summed E-state index contributed by atoms with van der Waals surface area (Å²) in [5.74, 6) is -0.000926. The van der Waals surface area contributed by atoms with Crippen LogP contribution in [0.3, 0.4) is 0 Å². The third kappa shape index (κ3) is 2.12. The van der Waals surface area contributed by atoms with Crippen LogP contribution >= 0.6 is 11.3 Å². The molecule has 0 aromatic carbocycles.